The summed E-state index contributed by atoms with van der Waals surface area (Å²) < 4.78 is 39.2. The van der Waals surface area contributed by atoms with Crippen molar-refractivity contribution in [3.05, 3.63) is 27.5 Å². The zero-order valence-corrected chi connectivity index (χ0v) is 7.81. The molecule has 1 heterocycles. The van der Waals surface area contributed by atoms with Gasteiger partial charge in [0, 0.05) is 17.7 Å². The van der Waals surface area contributed by atoms with E-state index in [2.05, 4.69) is 4.74 Å². The van der Waals surface area contributed by atoms with Crippen LogP contribution >= 0.6 is 0 Å². The van der Waals surface area contributed by atoms with Crippen LogP contribution in [0.15, 0.2) is 10.9 Å². The number of aromatic nitrogens is 1. The predicted molar refractivity (Wildman–Crippen MR) is 46.4 cm³/mol. The Morgan fingerprint density at radius 3 is 2.60 bits per heavy atom. The van der Waals surface area contributed by atoms with Crippen molar-refractivity contribution in [1.29, 1.82) is 0 Å². The van der Waals surface area contributed by atoms with Crippen LogP contribution in [-0.4, -0.2) is 11.3 Å². The summed E-state index contributed by atoms with van der Waals surface area (Å²) in [6.07, 6.45) is -4.82. The summed E-state index contributed by atoms with van der Waals surface area (Å²) in [6.45, 7) is 1.35. The second kappa shape index (κ2) is 3.93. The second-order valence-electron chi connectivity index (χ2n) is 2.89. The van der Waals surface area contributed by atoms with Crippen molar-refractivity contribution in [2.45, 2.75) is 19.8 Å². The minimum absolute atomic E-state index is 0.0392. The predicted octanol–water partition coefficient (Wildman–Crippen LogP) is 1.04. The second-order valence-corrected chi connectivity index (χ2v) is 2.89. The van der Waals surface area contributed by atoms with Crippen LogP contribution in [0.1, 0.15) is 11.1 Å². The molecule has 1 aromatic heterocycles. The molecule has 0 amide bonds. The number of pyridine rings is 1. The Labute approximate surface area is 82.9 Å². The van der Waals surface area contributed by atoms with Crippen LogP contribution in [0, 0.1) is 6.92 Å². The Morgan fingerprint density at radius 2 is 2.13 bits per heavy atom. The summed E-state index contributed by atoms with van der Waals surface area (Å²) >= 11 is 0. The van der Waals surface area contributed by atoms with E-state index in [1.807, 2.05) is 4.98 Å². The zero-order chi connectivity index (χ0) is 11.6. The van der Waals surface area contributed by atoms with Gasteiger partial charge in [-0.25, -0.2) is 0 Å². The quantitative estimate of drug-likeness (QED) is 0.785. The van der Waals surface area contributed by atoms with E-state index < -0.39 is 17.8 Å². The number of nitrogens with two attached hydrogens (primary N) is 1. The molecule has 0 spiro atoms. The third kappa shape index (κ3) is 2.98. The first kappa shape index (κ1) is 11.6. The molecule has 0 aliphatic heterocycles. The van der Waals surface area contributed by atoms with Crippen LogP contribution in [0.4, 0.5) is 13.2 Å². The van der Waals surface area contributed by atoms with E-state index in [0.29, 0.717) is 0 Å². The van der Waals surface area contributed by atoms with E-state index in [9.17, 15) is 18.0 Å². The number of H-pyrrole nitrogens is 1. The molecule has 0 saturated heterocycles. The molecule has 1 rings (SSSR count). The Hall–Kier alpha value is -1.50. The summed E-state index contributed by atoms with van der Waals surface area (Å²) in [5, 5.41) is 0. The number of halogens is 3. The first-order chi connectivity index (χ1) is 6.83. The molecule has 0 atom stereocenters. The Morgan fingerprint density at radius 1 is 1.53 bits per heavy atom. The molecule has 3 N–H and O–H groups in total. The Bertz CT molecular complexity index is 411. The highest BCUT2D eigenvalue weighted by Gasteiger charge is 2.32. The number of aryl methyl sites for hydroxylation is 1. The van der Waals surface area contributed by atoms with Crippen LogP contribution in [0.25, 0.3) is 0 Å². The van der Waals surface area contributed by atoms with Crippen molar-refractivity contribution < 1.29 is 17.9 Å². The van der Waals surface area contributed by atoms with Crippen molar-refractivity contribution in [2.24, 2.45) is 5.73 Å². The molecule has 15 heavy (non-hydrogen) atoms. The molecule has 0 bridgehead atoms. The van der Waals surface area contributed by atoms with Gasteiger partial charge in [-0.15, -0.1) is 13.2 Å². The highest BCUT2D eigenvalue weighted by molar-refractivity contribution is 5.28. The van der Waals surface area contributed by atoms with Gasteiger partial charge in [-0.3, -0.25) is 9.78 Å². The molecule has 0 radical (unpaired) electrons. The minimum atomic E-state index is -4.82. The van der Waals surface area contributed by atoms with Crippen LogP contribution in [0.5, 0.6) is 5.88 Å². The standard InChI is InChI=1S/C8H9F3N2O2/c1-4-2-5(3-12)6(14)13-7(4)15-8(9,10)11/h2H,3,12H2,1H3,(H,13,14). The maximum atomic E-state index is 11.9. The van der Waals surface area contributed by atoms with Gasteiger partial charge in [0.2, 0.25) is 5.88 Å². The molecule has 4 nitrogen and oxygen atoms in total. The number of alkyl halides is 3. The van der Waals surface area contributed by atoms with Crippen molar-refractivity contribution in [2.75, 3.05) is 0 Å². The van der Waals surface area contributed by atoms with Gasteiger partial charge in [0.15, 0.2) is 0 Å². The van der Waals surface area contributed by atoms with Crippen LogP contribution < -0.4 is 16.0 Å². The molecule has 0 aliphatic rings. The third-order valence-corrected chi connectivity index (χ3v) is 1.71. The molecule has 1 aromatic rings. The number of hydrogen-bond donors (Lipinski definition) is 2. The van der Waals surface area contributed by atoms with Crippen molar-refractivity contribution in [3.8, 4) is 5.88 Å². The number of ether oxygens (including phenoxy) is 1. The molecule has 0 fully saturated rings. The molecule has 0 saturated carbocycles. The summed E-state index contributed by atoms with van der Waals surface area (Å²) in [7, 11) is 0. The number of hydrogen-bond acceptors (Lipinski definition) is 3. The lowest BCUT2D eigenvalue weighted by atomic mass is 10.2. The van der Waals surface area contributed by atoms with E-state index in [1.165, 1.54) is 13.0 Å². The van der Waals surface area contributed by atoms with Gasteiger partial charge >= 0.3 is 6.36 Å². The van der Waals surface area contributed by atoms with E-state index in [4.69, 9.17) is 5.73 Å². The highest BCUT2D eigenvalue weighted by Crippen LogP contribution is 2.22. The van der Waals surface area contributed by atoms with E-state index >= 15 is 0 Å². The first-order valence-corrected chi connectivity index (χ1v) is 4.02. The average Bonchev–Trinajstić information content (AvgIpc) is 2.08. The highest BCUT2D eigenvalue weighted by atomic mass is 19.4. The lowest BCUT2D eigenvalue weighted by molar-refractivity contribution is -0.276. The normalized spacial score (nSPS) is 11.5. The van der Waals surface area contributed by atoms with Crippen LogP contribution in [0.3, 0.4) is 0 Å². The van der Waals surface area contributed by atoms with E-state index in [1.54, 1.807) is 0 Å². The minimum Gasteiger partial charge on any atom is -0.390 e. The maximum Gasteiger partial charge on any atom is 0.574 e. The molecule has 84 valence electrons. The fraction of sp³-hybridized carbons (Fsp3) is 0.375. The van der Waals surface area contributed by atoms with Gasteiger partial charge in [0.05, 0.1) is 0 Å². The van der Waals surface area contributed by atoms with E-state index in [0.717, 1.165) is 0 Å². The average molecular weight is 222 g/mol. The number of nitrogens with one attached hydrogen (secondary N) is 1. The summed E-state index contributed by atoms with van der Waals surface area (Å²) in [4.78, 5) is 13.1. The molecule has 7 heteroatoms. The monoisotopic (exact) mass is 222 g/mol. The summed E-state index contributed by atoms with van der Waals surface area (Å²) in [5.74, 6) is -0.607. The van der Waals surface area contributed by atoms with Gasteiger partial charge in [-0.05, 0) is 13.0 Å². The van der Waals surface area contributed by atoms with Gasteiger partial charge in [-0.1, -0.05) is 0 Å². The van der Waals surface area contributed by atoms with Crippen molar-refractivity contribution in [1.82, 2.24) is 4.98 Å². The maximum absolute atomic E-state index is 11.9. The lowest BCUT2D eigenvalue weighted by Gasteiger charge is -2.11. The summed E-state index contributed by atoms with van der Waals surface area (Å²) in [5.41, 5.74) is 4.92. The smallest absolute Gasteiger partial charge is 0.390 e. The zero-order valence-electron chi connectivity index (χ0n) is 7.81. The Balaban J connectivity index is 3.11. The van der Waals surface area contributed by atoms with Crippen LogP contribution in [-0.2, 0) is 6.54 Å². The van der Waals surface area contributed by atoms with Crippen molar-refractivity contribution >= 4 is 0 Å². The van der Waals surface area contributed by atoms with Gasteiger partial charge in [0.25, 0.3) is 5.56 Å². The van der Waals surface area contributed by atoms with Crippen LogP contribution in [0.2, 0.25) is 0 Å². The molecule has 0 unspecified atom stereocenters. The van der Waals surface area contributed by atoms with Gasteiger partial charge < -0.3 is 10.5 Å². The molecule has 0 aliphatic carbocycles. The van der Waals surface area contributed by atoms with Gasteiger partial charge in [0.1, 0.15) is 0 Å². The number of rotatable bonds is 2. The summed E-state index contributed by atoms with van der Waals surface area (Å²) in [6, 6.07) is 1.26. The van der Waals surface area contributed by atoms with Crippen molar-refractivity contribution in [3.63, 3.8) is 0 Å². The Kier molecular flexibility index (Phi) is 3.04. The van der Waals surface area contributed by atoms with E-state index in [-0.39, 0.29) is 17.7 Å². The fourth-order valence-corrected chi connectivity index (χ4v) is 1.05. The third-order valence-electron chi connectivity index (χ3n) is 1.71. The fourth-order valence-electron chi connectivity index (χ4n) is 1.05. The molecular weight excluding hydrogens is 213 g/mol. The first-order valence-electron chi connectivity index (χ1n) is 4.02. The lowest BCUT2D eigenvalue weighted by Crippen LogP contribution is -2.23. The SMILES string of the molecule is Cc1cc(CN)c(=O)[nH]c1OC(F)(F)F. The van der Waals surface area contributed by atoms with Gasteiger partial charge in [-0.2, -0.15) is 0 Å². The number of aromatic amines is 1. The topological polar surface area (TPSA) is 68.1 Å². The molecular formula is C8H9F3N2O2. The largest absolute Gasteiger partial charge is 0.574 e. The molecule has 0 aromatic carbocycles.